The highest BCUT2D eigenvalue weighted by Crippen LogP contribution is 2.53. The van der Waals surface area contributed by atoms with Gasteiger partial charge in [-0.3, -0.25) is 0 Å². The van der Waals surface area contributed by atoms with Gasteiger partial charge in [-0.1, -0.05) is 142 Å². The lowest BCUT2D eigenvalue weighted by molar-refractivity contribution is 0.443. The monoisotopic (exact) mass is 701 g/mol. The van der Waals surface area contributed by atoms with E-state index in [0.29, 0.717) is 5.92 Å². The first-order valence-electron chi connectivity index (χ1n) is 19.3. The van der Waals surface area contributed by atoms with Crippen molar-refractivity contribution in [2.75, 3.05) is 4.90 Å². The highest BCUT2D eigenvalue weighted by molar-refractivity contribution is 7.26. The molecule has 2 aliphatic rings. The van der Waals surface area contributed by atoms with E-state index in [1.165, 1.54) is 119 Å². The number of nitrogens with zero attached hydrogens (tertiary/aromatic N) is 1. The first-order valence-corrected chi connectivity index (χ1v) is 20.1. The first kappa shape index (κ1) is 32.2. The van der Waals surface area contributed by atoms with E-state index in [2.05, 4.69) is 176 Å². The summed E-state index contributed by atoms with van der Waals surface area (Å²) >= 11 is 1.90. The fraction of sp³-hybridized carbons (Fsp3) is 0.176. The summed E-state index contributed by atoms with van der Waals surface area (Å²) in [5.41, 5.74) is 15.5. The molecule has 1 heterocycles. The second kappa shape index (κ2) is 12.9. The number of hydrogen-bond donors (Lipinski definition) is 0. The zero-order chi connectivity index (χ0) is 35.5. The van der Waals surface area contributed by atoms with Crippen molar-refractivity contribution in [3.8, 4) is 33.4 Å². The van der Waals surface area contributed by atoms with E-state index in [4.69, 9.17) is 0 Å². The molecule has 0 unspecified atom stereocenters. The highest BCUT2D eigenvalue weighted by atomic mass is 32.1. The van der Waals surface area contributed by atoms with Gasteiger partial charge in [0.2, 0.25) is 0 Å². The molecular formula is C51H43NS. The van der Waals surface area contributed by atoms with Crippen LogP contribution in [0.3, 0.4) is 0 Å². The Hall–Kier alpha value is -5.44. The highest BCUT2D eigenvalue weighted by Gasteiger charge is 2.36. The molecule has 0 N–H and O–H groups in total. The molecule has 1 aromatic heterocycles. The van der Waals surface area contributed by atoms with Crippen LogP contribution in [0.5, 0.6) is 0 Å². The van der Waals surface area contributed by atoms with Crippen LogP contribution in [-0.2, 0) is 5.41 Å². The normalized spacial score (nSPS) is 15.1. The van der Waals surface area contributed by atoms with E-state index < -0.39 is 0 Å². The summed E-state index contributed by atoms with van der Waals surface area (Å²) in [5, 5.41) is 2.63. The summed E-state index contributed by atoms with van der Waals surface area (Å²) in [4.78, 5) is 2.53. The Balaban J connectivity index is 1.13. The van der Waals surface area contributed by atoms with Gasteiger partial charge in [0.25, 0.3) is 0 Å². The minimum absolute atomic E-state index is 0.124. The van der Waals surface area contributed by atoms with Crippen LogP contribution in [0.2, 0.25) is 0 Å². The lowest BCUT2D eigenvalue weighted by Gasteiger charge is -2.29. The Morgan fingerprint density at radius 2 is 1.19 bits per heavy atom. The molecule has 7 aromatic carbocycles. The summed E-state index contributed by atoms with van der Waals surface area (Å²) in [6, 6.07) is 59.3. The molecule has 2 aliphatic carbocycles. The Bertz CT molecular complexity index is 2610. The molecule has 0 amide bonds. The van der Waals surface area contributed by atoms with Crippen LogP contribution < -0.4 is 4.90 Å². The SMILES string of the molecule is CC1(C)c2ccc(-c3ccccc3)cc2-c2ccc(N(c3ccc(C4CCCCC4)cc3)c3cccc4sc5cc(-c6ccccc6)ccc5c34)cc21. The maximum Gasteiger partial charge on any atom is 0.0554 e. The smallest absolute Gasteiger partial charge is 0.0554 e. The lowest BCUT2D eigenvalue weighted by Crippen LogP contribution is -2.16. The maximum atomic E-state index is 2.53. The van der Waals surface area contributed by atoms with Gasteiger partial charge in [0, 0.05) is 37.0 Å². The molecule has 2 heteroatoms. The van der Waals surface area contributed by atoms with Crippen molar-refractivity contribution in [1.82, 2.24) is 0 Å². The minimum Gasteiger partial charge on any atom is -0.310 e. The number of benzene rings is 7. The van der Waals surface area contributed by atoms with E-state index in [1.54, 1.807) is 0 Å². The van der Waals surface area contributed by atoms with Crippen molar-refractivity contribution in [2.24, 2.45) is 0 Å². The van der Waals surface area contributed by atoms with E-state index in [1.807, 2.05) is 11.3 Å². The fourth-order valence-electron chi connectivity index (χ4n) is 9.25. The largest absolute Gasteiger partial charge is 0.310 e. The Morgan fingerprint density at radius 1 is 0.509 bits per heavy atom. The molecule has 8 aromatic rings. The quantitative estimate of drug-likeness (QED) is 0.167. The Labute approximate surface area is 317 Å². The number of hydrogen-bond acceptors (Lipinski definition) is 2. The third-order valence-corrected chi connectivity index (χ3v) is 13.2. The Morgan fingerprint density at radius 3 is 1.92 bits per heavy atom. The van der Waals surface area contributed by atoms with Gasteiger partial charge in [-0.25, -0.2) is 0 Å². The molecule has 1 fully saturated rings. The molecule has 258 valence electrons. The third-order valence-electron chi connectivity index (χ3n) is 12.1. The van der Waals surface area contributed by atoms with Gasteiger partial charge < -0.3 is 4.90 Å². The van der Waals surface area contributed by atoms with Crippen molar-refractivity contribution in [1.29, 1.82) is 0 Å². The minimum atomic E-state index is -0.124. The second-order valence-corrected chi connectivity index (χ2v) is 16.7. The van der Waals surface area contributed by atoms with Crippen LogP contribution in [-0.4, -0.2) is 0 Å². The molecule has 0 aliphatic heterocycles. The van der Waals surface area contributed by atoms with Gasteiger partial charge in [0.1, 0.15) is 0 Å². The summed E-state index contributed by atoms with van der Waals surface area (Å²) in [6.07, 6.45) is 6.68. The average molecular weight is 702 g/mol. The molecule has 1 nitrogen and oxygen atoms in total. The topological polar surface area (TPSA) is 3.24 Å². The average Bonchev–Trinajstić information content (AvgIpc) is 3.70. The summed E-state index contributed by atoms with van der Waals surface area (Å²) < 4.78 is 2.63. The second-order valence-electron chi connectivity index (χ2n) is 15.6. The van der Waals surface area contributed by atoms with E-state index in [0.717, 1.165) is 0 Å². The van der Waals surface area contributed by atoms with Gasteiger partial charge in [0.05, 0.1) is 5.69 Å². The fourth-order valence-corrected chi connectivity index (χ4v) is 10.4. The zero-order valence-electron chi connectivity index (χ0n) is 30.5. The molecule has 10 rings (SSSR count). The van der Waals surface area contributed by atoms with Crippen molar-refractivity contribution in [3.05, 3.63) is 174 Å². The summed E-state index contributed by atoms with van der Waals surface area (Å²) in [6.45, 7) is 4.79. The predicted octanol–water partition coefficient (Wildman–Crippen LogP) is 15.2. The van der Waals surface area contributed by atoms with Crippen molar-refractivity contribution >= 4 is 48.6 Å². The molecule has 1 saturated carbocycles. The zero-order valence-corrected chi connectivity index (χ0v) is 31.3. The van der Waals surface area contributed by atoms with Gasteiger partial charge in [-0.2, -0.15) is 0 Å². The summed E-state index contributed by atoms with van der Waals surface area (Å²) in [5.74, 6) is 0.675. The van der Waals surface area contributed by atoms with Gasteiger partial charge >= 0.3 is 0 Å². The molecule has 0 atom stereocenters. The van der Waals surface area contributed by atoms with E-state index in [9.17, 15) is 0 Å². The van der Waals surface area contributed by atoms with Crippen molar-refractivity contribution < 1.29 is 0 Å². The van der Waals surface area contributed by atoms with Gasteiger partial charge in [0.15, 0.2) is 0 Å². The van der Waals surface area contributed by atoms with Gasteiger partial charge in [-0.05, 0) is 117 Å². The number of fused-ring (bicyclic) bond motifs is 6. The number of anilines is 3. The van der Waals surface area contributed by atoms with Crippen LogP contribution in [0.15, 0.2) is 158 Å². The van der Waals surface area contributed by atoms with Crippen LogP contribution in [0.25, 0.3) is 53.6 Å². The molecule has 0 radical (unpaired) electrons. The molecule has 0 bridgehead atoms. The van der Waals surface area contributed by atoms with Crippen LogP contribution in [0.4, 0.5) is 17.1 Å². The third kappa shape index (κ3) is 5.51. The maximum absolute atomic E-state index is 2.53. The van der Waals surface area contributed by atoms with Crippen LogP contribution in [0.1, 0.15) is 68.6 Å². The molecular weight excluding hydrogens is 659 g/mol. The van der Waals surface area contributed by atoms with Crippen molar-refractivity contribution in [2.45, 2.75) is 57.3 Å². The first-order chi connectivity index (χ1) is 26.0. The standard InChI is InChI=1S/C51H43NS/c1-51(2)45-30-24-38(35-15-8-4-9-16-35)31-44(45)42-29-27-41(33-46(42)51)52(40-25-21-37(22-26-40)34-13-6-3-7-14-34)47-19-12-20-48-50(47)43-28-23-39(32-49(43)53-48)36-17-10-5-11-18-36/h4-5,8-12,15-34H,3,6-7,13-14H2,1-2H3. The summed E-state index contributed by atoms with van der Waals surface area (Å²) in [7, 11) is 0. The van der Waals surface area contributed by atoms with E-state index in [-0.39, 0.29) is 5.41 Å². The lowest BCUT2D eigenvalue weighted by atomic mass is 9.82. The van der Waals surface area contributed by atoms with Gasteiger partial charge in [-0.15, -0.1) is 11.3 Å². The molecule has 53 heavy (non-hydrogen) atoms. The van der Waals surface area contributed by atoms with E-state index >= 15 is 0 Å². The molecule has 0 spiro atoms. The van der Waals surface area contributed by atoms with Crippen LogP contribution >= 0.6 is 11.3 Å². The van der Waals surface area contributed by atoms with Crippen molar-refractivity contribution in [3.63, 3.8) is 0 Å². The predicted molar refractivity (Wildman–Crippen MR) is 228 cm³/mol. The molecule has 0 saturated heterocycles. The Kier molecular flexibility index (Phi) is 7.84. The number of rotatable bonds is 6. The number of thiophene rings is 1. The van der Waals surface area contributed by atoms with Crippen LogP contribution in [0, 0.1) is 0 Å².